The van der Waals surface area contributed by atoms with Gasteiger partial charge in [0.15, 0.2) is 5.15 Å². The maximum Gasteiger partial charge on any atom is 0.412 e. The molecule has 0 fully saturated rings. The van der Waals surface area contributed by atoms with Crippen LogP contribution in [0.15, 0.2) is 6.07 Å². The summed E-state index contributed by atoms with van der Waals surface area (Å²) in [7, 11) is -3.57. The largest absolute Gasteiger partial charge is 0.444 e. The van der Waals surface area contributed by atoms with E-state index in [1.54, 1.807) is 20.8 Å². The topological polar surface area (TPSA) is 94.6 Å². The predicted molar refractivity (Wildman–Crippen MR) is 88.6 cm³/mol. The molecule has 0 atom stereocenters. The quantitative estimate of drug-likeness (QED) is 0.618. The Hall–Kier alpha value is -1.09. The van der Waals surface area contributed by atoms with Crippen molar-refractivity contribution in [2.45, 2.75) is 32.8 Å². The molecular weight excluding hydrogens is 367 g/mol. The summed E-state index contributed by atoms with van der Waals surface area (Å²) in [4.78, 5) is 15.7. The second-order valence-electron chi connectivity index (χ2n) is 5.67. The first-order valence-corrected chi connectivity index (χ1v) is 9.14. The first-order chi connectivity index (χ1) is 10.4. The molecule has 0 saturated heterocycles. The lowest BCUT2D eigenvalue weighted by molar-refractivity contribution is 0.0635. The third-order valence-electron chi connectivity index (χ3n) is 2.32. The number of carbonyl (C=O) groups excluding carboxylic acids is 1. The van der Waals surface area contributed by atoms with Crippen molar-refractivity contribution in [2.75, 3.05) is 18.2 Å². The van der Waals surface area contributed by atoms with Gasteiger partial charge < -0.3 is 4.74 Å². The Kier molecular flexibility index (Phi) is 6.64. The summed E-state index contributed by atoms with van der Waals surface area (Å²) in [6.07, 6.45) is 0.383. The number of carbonyl (C=O) groups is 1. The van der Waals surface area contributed by atoms with Gasteiger partial charge in [0.25, 0.3) is 10.1 Å². The Morgan fingerprint density at radius 2 is 1.96 bits per heavy atom. The molecule has 0 radical (unpaired) electrons. The van der Waals surface area contributed by atoms with Gasteiger partial charge in [-0.25, -0.2) is 9.78 Å². The van der Waals surface area contributed by atoms with Crippen LogP contribution in [0.4, 0.5) is 10.5 Å². The minimum absolute atomic E-state index is 0.0299. The Morgan fingerprint density at radius 1 is 1.35 bits per heavy atom. The van der Waals surface area contributed by atoms with Crippen LogP contribution in [-0.2, 0) is 25.5 Å². The molecule has 1 amide bonds. The van der Waals surface area contributed by atoms with E-state index in [2.05, 4.69) is 14.5 Å². The summed E-state index contributed by atoms with van der Waals surface area (Å²) in [5.74, 6) is 0. The molecule has 0 unspecified atom stereocenters. The fourth-order valence-electron chi connectivity index (χ4n) is 1.57. The Labute approximate surface area is 145 Å². The lowest BCUT2D eigenvalue weighted by Crippen LogP contribution is -2.27. The molecule has 1 heterocycles. The van der Waals surface area contributed by atoms with Crippen LogP contribution < -0.4 is 5.32 Å². The predicted octanol–water partition coefficient (Wildman–Crippen LogP) is 3.25. The normalized spacial score (nSPS) is 12.1. The van der Waals surface area contributed by atoms with Crippen molar-refractivity contribution < 1.29 is 22.1 Å². The highest BCUT2D eigenvalue weighted by molar-refractivity contribution is 7.85. The fourth-order valence-corrected chi connectivity index (χ4v) is 2.47. The highest BCUT2D eigenvalue weighted by Gasteiger charge is 2.20. The van der Waals surface area contributed by atoms with E-state index in [1.165, 1.54) is 6.07 Å². The number of ether oxygens (including phenoxy) is 1. The van der Waals surface area contributed by atoms with Crippen LogP contribution in [0.2, 0.25) is 10.3 Å². The molecule has 1 aromatic heterocycles. The summed E-state index contributed by atoms with van der Waals surface area (Å²) in [6, 6.07) is 1.46. The van der Waals surface area contributed by atoms with Gasteiger partial charge in [-0.15, -0.1) is 0 Å². The van der Waals surface area contributed by atoms with Crippen molar-refractivity contribution >= 4 is 45.1 Å². The van der Waals surface area contributed by atoms with Gasteiger partial charge in [-0.2, -0.15) is 8.42 Å². The second-order valence-corrected chi connectivity index (χ2v) is 8.06. The third kappa shape index (κ3) is 7.83. The van der Waals surface area contributed by atoms with E-state index < -0.39 is 21.8 Å². The van der Waals surface area contributed by atoms with Gasteiger partial charge in [-0.1, -0.05) is 23.2 Å². The standard InChI is InChI=1S/C13H18Cl2N2O5S/c1-13(2,3)22-12(18)17-10-8(5-6-21-23(4,19)20)7-9(14)16-11(10)15/h7H,5-6H2,1-4H3,(H,17,18). The second kappa shape index (κ2) is 7.65. The van der Waals surface area contributed by atoms with Crippen LogP contribution in [0.1, 0.15) is 26.3 Å². The molecule has 7 nitrogen and oxygen atoms in total. The average Bonchev–Trinajstić information content (AvgIpc) is 2.29. The minimum atomic E-state index is -3.57. The molecule has 1 aromatic rings. The molecule has 10 heteroatoms. The van der Waals surface area contributed by atoms with Crippen molar-refractivity contribution in [3.63, 3.8) is 0 Å². The number of rotatable bonds is 5. The van der Waals surface area contributed by atoms with Gasteiger partial charge in [0.1, 0.15) is 10.8 Å². The van der Waals surface area contributed by atoms with Crippen molar-refractivity contribution in [3.05, 3.63) is 21.9 Å². The zero-order chi connectivity index (χ0) is 17.8. The van der Waals surface area contributed by atoms with E-state index in [0.717, 1.165) is 6.26 Å². The van der Waals surface area contributed by atoms with Crippen LogP contribution in [0.3, 0.4) is 0 Å². The summed E-state index contributed by atoms with van der Waals surface area (Å²) in [6.45, 7) is 5.03. The lowest BCUT2D eigenvalue weighted by Gasteiger charge is -2.20. The third-order valence-corrected chi connectivity index (χ3v) is 3.38. The van der Waals surface area contributed by atoms with E-state index in [0.29, 0.717) is 5.56 Å². The molecular formula is C13H18Cl2N2O5S. The molecule has 0 aromatic carbocycles. The van der Waals surface area contributed by atoms with E-state index in [9.17, 15) is 13.2 Å². The number of hydrogen-bond donors (Lipinski definition) is 1. The molecule has 0 bridgehead atoms. The van der Waals surface area contributed by atoms with Crippen molar-refractivity contribution in [1.29, 1.82) is 0 Å². The van der Waals surface area contributed by atoms with Crippen molar-refractivity contribution in [1.82, 2.24) is 4.98 Å². The van der Waals surface area contributed by atoms with Gasteiger partial charge in [0.2, 0.25) is 0 Å². The van der Waals surface area contributed by atoms with Gasteiger partial charge in [-0.3, -0.25) is 9.50 Å². The van der Waals surface area contributed by atoms with Crippen LogP contribution in [0.25, 0.3) is 0 Å². The van der Waals surface area contributed by atoms with Gasteiger partial charge in [0.05, 0.1) is 18.6 Å². The first-order valence-electron chi connectivity index (χ1n) is 6.57. The maximum atomic E-state index is 11.9. The molecule has 0 spiro atoms. The highest BCUT2D eigenvalue weighted by atomic mass is 35.5. The number of amides is 1. The molecule has 0 aliphatic heterocycles. The Balaban J connectivity index is 2.94. The van der Waals surface area contributed by atoms with Crippen LogP contribution >= 0.6 is 23.2 Å². The number of nitrogens with zero attached hydrogens (tertiary/aromatic N) is 1. The van der Waals surface area contributed by atoms with E-state index >= 15 is 0 Å². The zero-order valence-corrected chi connectivity index (χ0v) is 15.5. The van der Waals surface area contributed by atoms with Crippen molar-refractivity contribution in [2.24, 2.45) is 0 Å². The Morgan fingerprint density at radius 3 is 2.48 bits per heavy atom. The lowest BCUT2D eigenvalue weighted by atomic mass is 10.1. The van der Waals surface area contributed by atoms with Crippen molar-refractivity contribution in [3.8, 4) is 0 Å². The number of hydrogen-bond acceptors (Lipinski definition) is 6. The maximum absolute atomic E-state index is 11.9. The molecule has 0 aliphatic carbocycles. The number of aromatic nitrogens is 1. The summed E-state index contributed by atoms with van der Waals surface area (Å²) in [5.41, 5.74) is -0.0115. The summed E-state index contributed by atoms with van der Waals surface area (Å²) < 4.78 is 31.8. The van der Waals surface area contributed by atoms with E-state index in [4.69, 9.17) is 27.9 Å². The monoisotopic (exact) mass is 384 g/mol. The number of pyridine rings is 1. The highest BCUT2D eigenvalue weighted by Crippen LogP contribution is 2.28. The average molecular weight is 385 g/mol. The molecule has 0 saturated carbocycles. The van der Waals surface area contributed by atoms with Crippen LogP contribution in [0, 0.1) is 0 Å². The first kappa shape index (κ1) is 20.0. The summed E-state index contributed by atoms with van der Waals surface area (Å²) in [5, 5.41) is 2.57. The molecule has 130 valence electrons. The SMILES string of the molecule is CC(C)(C)OC(=O)Nc1c(CCOS(C)(=O)=O)cc(Cl)nc1Cl. The molecule has 1 rings (SSSR count). The van der Waals surface area contributed by atoms with Gasteiger partial charge >= 0.3 is 6.09 Å². The van der Waals surface area contributed by atoms with E-state index in [-0.39, 0.29) is 29.0 Å². The van der Waals surface area contributed by atoms with Gasteiger partial charge in [0, 0.05) is 0 Å². The number of nitrogens with one attached hydrogen (secondary N) is 1. The van der Waals surface area contributed by atoms with Gasteiger partial charge in [-0.05, 0) is 38.8 Å². The minimum Gasteiger partial charge on any atom is -0.444 e. The fraction of sp³-hybridized carbons (Fsp3) is 0.538. The number of anilines is 1. The zero-order valence-electron chi connectivity index (χ0n) is 13.1. The van der Waals surface area contributed by atoms with E-state index in [1.807, 2.05) is 0 Å². The molecule has 23 heavy (non-hydrogen) atoms. The molecule has 1 N–H and O–H groups in total. The van der Waals surface area contributed by atoms with Crippen LogP contribution in [0.5, 0.6) is 0 Å². The number of halogens is 2. The molecule has 0 aliphatic rings. The Bertz CT molecular complexity index is 686. The summed E-state index contributed by atoms with van der Waals surface area (Å²) >= 11 is 11.8. The van der Waals surface area contributed by atoms with Crippen LogP contribution in [-0.4, -0.2) is 38.0 Å². The smallest absolute Gasteiger partial charge is 0.412 e.